The van der Waals surface area contributed by atoms with Crippen LogP contribution >= 0.6 is 0 Å². The Morgan fingerprint density at radius 2 is 2.09 bits per heavy atom. The smallest absolute Gasteiger partial charge is 0.0707 e. The van der Waals surface area contributed by atoms with Gasteiger partial charge in [-0.05, 0) is 37.3 Å². The van der Waals surface area contributed by atoms with Crippen molar-refractivity contribution in [3.8, 4) is 0 Å². The van der Waals surface area contributed by atoms with Gasteiger partial charge in [-0.3, -0.25) is 4.90 Å². The first-order valence-corrected chi connectivity index (χ1v) is 9.09. The average Bonchev–Trinajstić information content (AvgIpc) is 2.98. The number of rotatable bonds is 0. The van der Waals surface area contributed by atoms with Gasteiger partial charge in [-0.25, -0.2) is 0 Å². The molecule has 1 saturated carbocycles. The standard InChI is InChI=1S/C20H24N2O/c1-3-11-10-22-15-8-12(11)17-16(22)9-20(19(17)23)13-6-4-5-7-14(13)21(2)18(15)20/h3-7,12,15-19,23H,8-10H2,1-2H3/b11-3-/t12?,15-,16-,17?,18?,19?,20+/m0/s1. The molecule has 5 fully saturated rings. The fraction of sp³-hybridized carbons (Fsp3) is 0.600. The van der Waals surface area contributed by atoms with Crippen LogP contribution in [0.2, 0.25) is 0 Å². The molecular formula is C20H24N2O. The first-order valence-electron chi connectivity index (χ1n) is 9.09. The summed E-state index contributed by atoms with van der Waals surface area (Å²) in [6.45, 7) is 3.31. The number of nitrogens with zero attached hydrogens (tertiary/aromatic N) is 2. The number of anilines is 1. The minimum atomic E-state index is -0.196. The molecule has 120 valence electrons. The third-order valence-electron chi connectivity index (χ3n) is 8.00. The number of para-hydroxylation sites is 1. The highest BCUT2D eigenvalue weighted by molar-refractivity contribution is 5.67. The molecule has 6 aliphatic rings. The molecule has 1 N–H and O–H groups in total. The van der Waals surface area contributed by atoms with E-state index in [-0.39, 0.29) is 11.5 Å². The predicted molar refractivity (Wildman–Crippen MR) is 90.6 cm³/mol. The van der Waals surface area contributed by atoms with Gasteiger partial charge in [-0.15, -0.1) is 0 Å². The second kappa shape index (κ2) is 3.84. The molecule has 0 aromatic heterocycles. The molecule has 5 unspecified atom stereocenters. The molecule has 5 bridgehead atoms. The largest absolute Gasteiger partial charge is 0.392 e. The summed E-state index contributed by atoms with van der Waals surface area (Å²) in [5, 5.41) is 11.6. The Morgan fingerprint density at radius 3 is 2.91 bits per heavy atom. The van der Waals surface area contributed by atoms with Crippen molar-refractivity contribution in [2.75, 3.05) is 18.5 Å². The van der Waals surface area contributed by atoms with Gasteiger partial charge in [0.05, 0.1) is 12.1 Å². The van der Waals surface area contributed by atoms with Crippen molar-refractivity contribution >= 4 is 5.69 Å². The van der Waals surface area contributed by atoms with E-state index in [0.717, 1.165) is 13.0 Å². The SMILES string of the molecule is C/C=C1/CN2[C@H]3C[C@@]45c6ccccc6N(C)C4[C@@H]2CC1C3C5O. The van der Waals surface area contributed by atoms with E-state index in [1.54, 1.807) is 5.57 Å². The van der Waals surface area contributed by atoms with E-state index in [4.69, 9.17) is 0 Å². The lowest BCUT2D eigenvalue weighted by Crippen LogP contribution is -2.68. The Balaban J connectivity index is 1.62. The lowest BCUT2D eigenvalue weighted by Gasteiger charge is -2.58. The zero-order chi connectivity index (χ0) is 15.5. The molecular weight excluding hydrogens is 284 g/mol. The van der Waals surface area contributed by atoms with Gasteiger partial charge in [0.1, 0.15) is 0 Å². The maximum atomic E-state index is 11.6. The second-order valence-corrected chi connectivity index (χ2v) is 8.35. The van der Waals surface area contributed by atoms with E-state index in [0.29, 0.717) is 30.0 Å². The van der Waals surface area contributed by atoms with Gasteiger partial charge in [-0.1, -0.05) is 29.8 Å². The van der Waals surface area contributed by atoms with E-state index in [9.17, 15) is 5.11 Å². The number of piperidine rings is 4. The van der Waals surface area contributed by atoms with Crippen LogP contribution in [-0.4, -0.2) is 47.8 Å². The number of fused-ring (bicyclic) bond motifs is 2. The van der Waals surface area contributed by atoms with E-state index in [1.807, 2.05) is 0 Å². The normalized spacial score (nSPS) is 53.1. The summed E-state index contributed by atoms with van der Waals surface area (Å²) in [7, 11) is 2.25. The Bertz CT molecular complexity index is 743. The number of benzene rings is 1. The summed E-state index contributed by atoms with van der Waals surface area (Å²) < 4.78 is 0. The van der Waals surface area contributed by atoms with E-state index < -0.39 is 0 Å². The number of aliphatic hydroxyl groups is 1. The van der Waals surface area contributed by atoms with Crippen molar-refractivity contribution in [3.05, 3.63) is 41.5 Å². The maximum Gasteiger partial charge on any atom is 0.0707 e. The van der Waals surface area contributed by atoms with E-state index in [1.165, 1.54) is 17.7 Å². The van der Waals surface area contributed by atoms with Crippen LogP contribution in [0.5, 0.6) is 0 Å². The molecule has 1 aromatic carbocycles. The van der Waals surface area contributed by atoms with Crippen molar-refractivity contribution in [2.24, 2.45) is 11.8 Å². The highest BCUT2D eigenvalue weighted by atomic mass is 16.3. The van der Waals surface area contributed by atoms with Gasteiger partial charge in [0, 0.05) is 42.7 Å². The Hall–Kier alpha value is -1.32. The van der Waals surface area contributed by atoms with Gasteiger partial charge in [0.25, 0.3) is 0 Å². The summed E-state index contributed by atoms with van der Waals surface area (Å²) in [6.07, 6.45) is 4.51. The van der Waals surface area contributed by atoms with Crippen LogP contribution in [0.3, 0.4) is 0 Å². The van der Waals surface area contributed by atoms with Gasteiger partial charge in [0.2, 0.25) is 0 Å². The van der Waals surface area contributed by atoms with Crippen molar-refractivity contribution in [1.82, 2.24) is 4.90 Å². The topological polar surface area (TPSA) is 26.7 Å². The molecule has 8 atom stereocenters. The van der Waals surface area contributed by atoms with Gasteiger partial charge < -0.3 is 10.0 Å². The van der Waals surface area contributed by atoms with E-state index in [2.05, 4.69) is 54.1 Å². The van der Waals surface area contributed by atoms with Crippen LogP contribution in [0.1, 0.15) is 25.3 Å². The van der Waals surface area contributed by atoms with Gasteiger partial charge in [-0.2, -0.15) is 0 Å². The Morgan fingerprint density at radius 1 is 1.26 bits per heavy atom. The minimum Gasteiger partial charge on any atom is -0.392 e. The minimum absolute atomic E-state index is 0.0280. The summed E-state index contributed by atoms with van der Waals surface area (Å²) in [4.78, 5) is 5.25. The Labute approximate surface area is 137 Å². The molecule has 5 heterocycles. The fourth-order valence-corrected chi connectivity index (χ4v) is 7.35. The first-order chi connectivity index (χ1) is 11.2. The monoisotopic (exact) mass is 308 g/mol. The lowest BCUT2D eigenvalue weighted by molar-refractivity contribution is -0.0345. The molecule has 7 rings (SSSR count). The van der Waals surface area contributed by atoms with Crippen molar-refractivity contribution in [1.29, 1.82) is 0 Å². The zero-order valence-electron chi connectivity index (χ0n) is 13.8. The molecule has 3 heteroatoms. The zero-order valence-corrected chi connectivity index (χ0v) is 13.8. The van der Waals surface area contributed by atoms with Gasteiger partial charge >= 0.3 is 0 Å². The number of allylic oxidation sites excluding steroid dienone is 1. The van der Waals surface area contributed by atoms with Crippen molar-refractivity contribution in [3.63, 3.8) is 0 Å². The predicted octanol–water partition coefficient (Wildman–Crippen LogP) is 2.16. The molecule has 23 heavy (non-hydrogen) atoms. The third-order valence-corrected chi connectivity index (χ3v) is 8.00. The summed E-state index contributed by atoms with van der Waals surface area (Å²) in [6, 6.07) is 10.5. The third kappa shape index (κ3) is 1.17. The average molecular weight is 308 g/mol. The highest BCUT2D eigenvalue weighted by Crippen LogP contribution is 2.67. The van der Waals surface area contributed by atoms with Crippen LogP contribution in [0.15, 0.2) is 35.9 Å². The lowest BCUT2D eigenvalue weighted by atomic mass is 9.65. The molecule has 1 spiro atoms. The summed E-state index contributed by atoms with van der Waals surface area (Å²) in [5.74, 6) is 1.05. The van der Waals surface area contributed by atoms with Crippen LogP contribution in [0.4, 0.5) is 5.69 Å². The molecule has 5 aliphatic heterocycles. The van der Waals surface area contributed by atoms with Crippen LogP contribution in [-0.2, 0) is 5.41 Å². The van der Waals surface area contributed by atoms with E-state index >= 15 is 0 Å². The summed E-state index contributed by atoms with van der Waals surface area (Å²) >= 11 is 0. The number of aliphatic hydroxyl groups excluding tert-OH is 1. The Kier molecular flexibility index (Phi) is 2.17. The molecule has 0 radical (unpaired) electrons. The first kappa shape index (κ1) is 13.0. The van der Waals surface area contributed by atoms with Crippen molar-refractivity contribution < 1.29 is 5.11 Å². The molecule has 1 aliphatic carbocycles. The van der Waals surface area contributed by atoms with Gasteiger partial charge in [0.15, 0.2) is 0 Å². The molecule has 3 nitrogen and oxygen atoms in total. The molecule has 0 amide bonds. The molecule has 1 aromatic rings. The summed E-state index contributed by atoms with van der Waals surface area (Å²) in [5.41, 5.74) is 4.32. The fourth-order valence-electron chi connectivity index (χ4n) is 7.35. The number of likely N-dealkylation sites (N-methyl/N-ethyl adjacent to an activating group) is 1. The van der Waals surface area contributed by atoms with Crippen LogP contribution in [0.25, 0.3) is 0 Å². The van der Waals surface area contributed by atoms with Crippen molar-refractivity contribution in [2.45, 2.75) is 49.4 Å². The molecule has 4 saturated heterocycles. The van der Waals surface area contributed by atoms with Crippen LogP contribution < -0.4 is 4.90 Å². The number of hydrogen-bond acceptors (Lipinski definition) is 3. The number of hydrogen-bond donors (Lipinski definition) is 1. The quantitative estimate of drug-likeness (QED) is 0.744. The second-order valence-electron chi connectivity index (χ2n) is 8.35. The maximum absolute atomic E-state index is 11.6. The van der Waals surface area contributed by atoms with Crippen LogP contribution in [0, 0.1) is 11.8 Å². The highest BCUT2D eigenvalue weighted by Gasteiger charge is 2.74.